The molecule has 1 saturated heterocycles. The number of hydrogen-bond acceptors (Lipinski definition) is 5. The zero-order chi connectivity index (χ0) is 24.0. The Labute approximate surface area is 207 Å². The number of amides is 1. The van der Waals surface area contributed by atoms with Gasteiger partial charge in [0.2, 0.25) is 0 Å². The van der Waals surface area contributed by atoms with Gasteiger partial charge >= 0.3 is 0 Å². The molecule has 35 heavy (non-hydrogen) atoms. The number of nitrogens with one attached hydrogen (secondary N) is 2. The summed E-state index contributed by atoms with van der Waals surface area (Å²) in [7, 11) is 0. The van der Waals surface area contributed by atoms with Crippen LogP contribution in [0.3, 0.4) is 0 Å². The van der Waals surface area contributed by atoms with Crippen LogP contribution < -0.4 is 10.6 Å². The lowest BCUT2D eigenvalue weighted by Gasteiger charge is -2.31. The maximum absolute atomic E-state index is 13.1. The third-order valence-corrected chi connectivity index (χ3v) is 7.24. The Kier molecular flexibility index (Phi) is 7.60. The molecule has 1 aromatic heterocycles. The van der Waals surface area contributed by atoms with Crippen molar-refractivity contribution in [1.29, 1.82) is 0 Å². The number of aryl methyl sites for hydroxylation is 1. The zero-order valence-corrected chi connectivity index (χ0v) is 20.5. The smallest absolute Gasteiger partial charge is 0.273 e. The van der Waals surface area contributed by atoms with Gasteiger partial charge in [0.05, 0.1) is 19.3 Å². The Balaban J connectivity index is 1.25. The second kappa shape index (κ2) is 11.2. The van der Waals surface area contributed by atoms with E-state index >= 15 is 0 Å². The molecule has 1 unspecified atom stereocenters. The molecule has 2 heterocycles. The van der Waals surface area contributed by atoms with Gasteiger partial charge in [-0.15, -0.1) is 0 Å². The molecular formula is C29H35N3O3. The van der Waals surface area contributed by atoms with E-state index in [1.165, 1.54) is 11.1 Å². The van der Waals surface area contributed by atoms with Gasteiger partial charge in [-0.05, 0) is 80.3 Å². The van der Waals surface area contributed by atoms with E-state index in [1.807, 2.05) is 6.07 Å². The van der Waals surface area contributed by atoms with Gasteiger partial charge in [0.15, 0.2) is 5.69 Å². The van der Waals surface area contributed by atoms with Crippen LogP contribution in [-0.4, -0.2) is 30.8 Å². The summed E-state index contributed by atoms with van der Waals surface area (Å²) in [5.74, 6) is 1.47. The topological polar surface area (TPSA) is 76.4 Å². The Morgan fingerprint density at radius 2 is 1.94 bits per heavy atom. The second-order valence-electron chi connectivity index (χ2n) is 9.90. The van der Waals surface area contributed by atoms with E-state index in [0.717, 1.165) is 62.1 Å². The first-order valence-electron chi connectivity index (χ1n) is 12.9. The van der Waals surface area contributed by atoms with Crippen LogP contribution in [0.5, 0.6) is 0 Å². The summed E-state index contributed by atoms with van der Waals surface area (Å²) in [5.41, 5.74) is 5.25. The summed E-state index contributed by atoms with van der Waals surface area (Å²) in [6.45, 7) is 5.31. The van der Waals surface area contributed by atoms with E-state index in [4.69, 9.17) is 9.26 Å². The normalized spacial score (nSPS) is 17.3. The number of carbonyl (C=O) groups is 1. The summed E-state index contributed by atoms with van der Waals surface area (Å²) in [5, 5.41) is 10.8. The Morgan fingerprint density at radius 3 is 2.74 bits per heavy atom. The first kappa shape index (κ1) is 23.8. The molecule has 1 aliphatic carbocycles. The zero-order valence-electron chi connectivity index (χ0n) is 20.5. The second-order valence-corrected chi connectivity index (χ2v) is 9.90. The molecule has 1 saturated carbocycles. The third kappa shape index (κ3) is 6.19. The van der Waals surface area contributed by atoms with Crippen molar-refractivity contribution < 1.29 is 14.1 Å². The van der Waals surface area contributed by atoms with E-state index in [-0.39, 0.29) is 11.9 Å². The summed E-state index contributed by atoms with van der Waals surface area (Å²) in [4.78, 5) is 13.1. The number of carbonyl (C=O) groups excluding carboxylic acids is 1. The summed E-state index contributed by atoms with van der Waals surface area (Å²) < 4.78 is 11.4. The standard InChI is InChI=1S/C29H35N3O3/c1-20-5-2-3-7-22(20)13-16-34-19-21-6-4-8-25(17-21)28(24-11-14-30-15-12-24)31-29(33)26-18-27(35-32-26)23-9-10-23/h2-8,17-18,23-24,28,30H,9-16,19H2,1H3,(H,31,33). The predicted molar refractivity (Wildman–Crippen MR) is 135 cm³/mol. The number of hydrogen-bond donors (Lipinski definition) is 2. The maximum Gasteiger partial charge on any atom is 0.273 e. The maximum atomic E-state index is 13.1. The number of rotatable bonds is 10. The molecule has 6 nitrogen and oxygen atoms in total. The molecule has 2 fully saturated rings. The quantitative estimate of drug-likeness (QED) is 0.401. The Bertz CT molecular complexity index is 1130. The molecule has 2 aliphatic rings. The fraction of sp³-hybridized carbons (Fsp3) is 0.448. The van der Waals surface area contributed by atoms with Gasteiger partial charge in [-0.25, -0.2) is 0 Å². The predicted octanol–water partition coefficient (Wildman–Crippen LogP) is 5.09. The molecule has 6 heteroatoms. The van der Waals surface area contributed by atoms with Crippen LogP contribution in [0.1, 0.15) is 76.1 Å². The van der Waals surface area contributed by atoms with Crippen molar-refractivity contribution in [3.63, 3.8) is 0 Å². The molecule has 3 aromatic rings. The van der Waals surface area contributed by atoms with Crippen molar-refractivity contribution >= 4 is 5.91 Å². The van der Waals surface area contributed by atoms with Crippen molar-refractivity contribution in [1.82, 2.24) is 15.8 Å². The van der Waals surface area contributed by atoms with Crippen molar-refractivity contribution in [2.45, 2.75) is 57.6 Å². The average Bonchev–Trinajstić information content (AvgIpc) is 3.62. The highest BCUT2D eigenvalue weighted by molar-refractivity contribution is 5.92. The largest absolute Gasteiger partial charge is 0.376 e. The van der Waals surface area contributed by atoms with E-state index in [9.17, 15) is 4.79 Å². The molecule has 0 bridgehead atoms. The highest BCUT2D eigenvalue weighted by Gasteiger charge is 2.31. The van der Waals surface area contributed by atoms with E-state index in [0.29, 0.717) is 30.7 Å². The van der Waals surface area contributed by atoms with Gasteiger partial charge in [-0.1, -0.05) is 53.7 Å². The van der Waals surface area contributed by atoms with Crippen LogP contribution in [0.25, 0.3) is 0 Å². The van der Waals surface area contributed by atoms with Gasteiger partial charge in [0.1, 0.15) is 5.76 Å². The monoisotopic (exact) mass is 473 g/mol. The molecule has 1 atom stereocenters. The molecular weight excluding hydrogens is 438 g/mol. The minimum absolute atomic E-state index is 0.0717. The van der Waals surface area contributed by atoms with Crippen molar-refractivity contribution in [2.75, 3.05) is 19.7 Å². The van der Waals surface area contributed by atoms with Crippen LogP contribution in [0.2, 0.25) is 0 Å². The molecule has 2 aromatic carbocycles. The summed E-state index contributed by atoms with van der Waals surface area (Å²) >= 11 is 0. The number of ether oxygens (including phenoxy) is 1. The van der Waals surface area contributed by atoms with Crippen molar-refractivity contribution in [3.8, 4) is 0 Å². The minimum Gasteiger partial charge on any atom is -0.376 e. The Hall–Kier alpha value is -2.96. The molecule has 5 rings (SSSR count). The fourth-order valence-electron chi connectivity index (χ4n) is 4.96. The van der Waals surface area contributed by atoms with Gasteiger partial charge in [-0.3, -0.25) is 4.79 Å². The SMILES string of the molecule is Cc1ccccc1CCOCc1cccc(C(NC(=O)c2cc(C3CC3)on2)C2CCNCC2)c1. The van der Waals surface area contributed by atoms with Crippen LogP contribution in [-0.2, 0) is 17.8 Å². The highest BCUT2D eigenvalue weighted by Crippen LogP contribution is 2.40. The molecule has 0 radical (unpaired) electrons. The van der Waals surface area contributed by atoms with E-state index in [2.05, 4.69) is 71.2 Å². The number of piperidine rings is 1. The molecule has 0 spiro atoms. The summed E-state index contributed by atoms with van der Waals surface area (Å²) in [6, 6.07) is 18.6. The van der Waals surface area contributed by atoms with Crippen molar-refractivity contribution in [2.24, 2.45) is 5.92 Å². The van der Waals surface area contributed by atoms with Crippen LogP contribution in [0, 0.1) is 12.8 Å². The van der Waals surface area contributed by atoms with E-state index < -0.39 is 0 Å². The molecule has 1 aliphatic heterocycles. The molecule has 2 N–H and O–H groups in total. The lowest BCUT2D eigenvalue weighted by atomic mass is 9.85. The summed E-state index contributed by atoms with van der Waals surface area (Å²) in [6.07, 6.45) is 5.19. The van der Waals surface area contributed by atoms with E-state index in [1.54, 1.807) is 0 Å². The fourth-order valence-corrected chi connectivity index (χ4v) is 4.96. The van der Waals surface area contributed by atoms with Gasteiger partial charge in [0.25, 0.3) is 5.91 Å². The number of benzene rings is 2. The number of nitrogens with zero attached hydrogens (tertiary/aromatic N) is 1. The lowest BCUT2D eigenvalue weighted by Crippen LogP contribution is -2.39. The molecule has 184 valence electrons. The lowest BCUT2D eigenvalue weighted by molar-refractivity contribution is 0.0904. The van der Waals surface area contributed by atoms with Crippen LogP contribution in [0.15, 0.2) is 59.1 Å². The number of aromatic nitrogens is 1. The minimum atomic E-state index is -0.163. The first-order chi connectivity index (χ1) is 17.2. The Morgan fingerprint density at radius 1 is 1.11 bits per heavy atom. The van der Waals surface area contributed by atoms with Gasteiger partial charge in [-0.2, -0.15) is 0 Å². The third-order valence-electron chi connectivity index (χ3n) is 7.24. The van der Waals surface area contributed by atoms with Crippen molar-refractivity contribution in [3.05, 3.63) is 88.3 Å². The van der Waals surface area contributed by atoms with Crippen LogP contribution in [0.4, 0.5) is 0 Å². The highest BCUT2D eigenvalue weighted by atomic mass is 16.5. The molecule has 1 amide bonds. The van der Waals surface area contributed by atoms with Gasteiger partial charge < -0.3 is 19.9 Å². The van der Waals surface area contributed by atoms with Gasteiger partial charge in [0, 0.05) is 12.0 Å². The van der Waals surface area contributed by atoms with Crippen LogP contribution >= 0.6 is 0 Å². The average molecular weight is 474 g/mol. The first-order valence-corrected chi connectivity index (χ1v) is 12.9.